The Balaban J connectivity index is 1.48. The van der Waals surface area contributed by atoms with E-state index in [0.29, 0.717) is 24.7 Å². The fraction of sp³-hybridized carbons (Fsp3) is 0.455. The summed E-state index contributed by atoms with van der Waals surface area (Å²) in [6.07, 6.45) is 8.24. The van der Waals surface area contributed by atoms with Crippen molar-refractivity contribution < 1.29 is 14.3 Å². The summed E-state index contributed by atoms with van der Waals surface area (Å²) in [5, 5.41) is 0. The van der Waals surface area contributed by atoms with Gasteiger partial charge in [0.2, 0.25) is 5.91 Å². The molecule has 0 aliphatic carbocycles. The second-order valence-corrected chi connectivity index (χ2v) is 8.06. The first kappa shape index (κ1) is 20.3. The number of hydrogen-bond acceptors (Lipinski definition) is 5. The number of nitrogens with zero attached hydrogens (tertiary/aromatic N) is 4. The van der Waals surface area contributed by atoms with Gasteiger partial charge in [-0.1, -0.05) is 0 Å². The largest absolute Gasteiger partial charge is 0.381 e. The molecule has 2 N–H and O–H groups in total. The minimum Gasteiger partial charge on any atom is -0.381 e. The van der Waals surface area contributed by atoms with Crippen LogP contribution in [0.25, 0.3) is 11.1 Å². The number of rotatable bonds is 5. The van der Waals surface area contributed by atoms with Crippen LogP contribution >= 0.6 is 0 Å². The number of anilines is 1. The third-order valence-corrected chi connectivity index (χ3v) is 5.76. The zero-order valence-corrected chi connectivity index (χ0v) is 17.2. The van der Waals surface area contributed by atoms with Gasteiger partial charge in [-0.2, -0.15) is 0 Å². The number of aryl methyl sites for hydroxylation is 1. The fourth-order valence-electron chi connectivity index (χ4n) is 4.10. The minimum atomic E-state index is -0.480. The molecule has 4 rings (SSSR count). The van der Waals surface area contributed by atoms with E-state index in [1.807, 2.05) is 19.2 Å². The highest BCUT2D eigenvalue weighted by atomic mass is 16.5. The van der Waals surface area contributed by atoms with Gasteiger partial charge in [0, 0.05) is 62.4 Å². The number of carbonyl (C=O) groups is 2. The topological polar surface area (TPSA) is 102 Å². The second-order valence-electron chi connectivity index (χ2n) is 8.06. The van der Waals surface area contributed by atoms with Crippen LogP contribution in [0.5, 0.6) is 0 Å². The van der Waals surface area contributed by atoms with Crippen LogP contribution in [0.4, 0.5) is 10.6 Å². The smallest absolute Gasteiger partial charge is 0.320 e. The predicted molar refractivity (Wildman–Crippen MR) is 113 cm³/mol. The van der Waals surface area contributed by atoms with Gasteiger partial charge in [0.25, 0.3) is 0 Å². The molecule has 8 heteroatoms. The highest BCUT2D eigenvalue weighted by Crippen LogP contribution is 2.29. The molecular weight excluding hydrogens is 382 g/mol. The number of amides is 3. The Labute approximate surface area is 176 Å². The minimum absolute atomic E-state index is 0.0708. The lowest BCUT2D eigenvalue weighted by Gasteiger charge is -2.26. The van der Waals surface area contributed by atoms with E-state index in [4.69, 9.17) is 10.5 Å². The molecule has 2 aromatic rings. The number of likely N-dealkylation sites (N-methyl/N-ethyl adjacent to an activating group) is 1. The van der Waals surface area contributed by atoms with E-state index in [1.165, 1.54) is 4.90 Å². The quantitative estimate of drug-likeness (QED) is 0.814. The van der Waals surface area contributed by atoms with Crippen LogP contribution in [0.3, 0.4) is 0 Å². The molecule has 0 spiro atoms. The van der Waals surface area contributed by atoms with Crippen molar-refractivity contribution in [2.75, 3.05) is 38.3 Å². The van der Waals surface area contributed by atoms with Crippen LogP contribution in [0.1, 0.15) is 24.0 Å². The van der Waals surface area contributed by atoms with E-state index in [0.717, 1.165) is 61.3 Å². The fourth-order valence-corrected chi connectivity index (χ4v) is 4.10. The summed E-state index contributed by atoms with van der Waals surface area (Å²) in [4.78, 5) is 36.4. The number of pyridine rings is 2. The maximum atomic E-state index is 12.6. The van der Waals surface area contributed by atoms with Gasteiger partial charge in [-0.15, -0.1) is 0 Å². The Morgan fingerprint density at radius 2 is 2.10 bits per heavy atom. The van der Waals surface area contributed by atoms with E-state index in [2.05, 4.69) is 9.97 Å². The molecule has 3 amide bonds. The van der Waals surface area contributed by atoms with E-state index in [-0.39, 0.29) is 5.91 Å². The molecule has 1 atom stereocenters. The lowest BCUT2D eigenvalue weighted by Crippen LogP contribution is -2.40. The standard InChI is InChI=1S/C22H27N5O3/c1-26(13-15-4-6-30-14-15)20(28)8-16-7-18(11-24-10-16)19-9-17-3-2-5-27(22(23)29)21(17)25-12-19/h7,9-12,15H,2-6,8,13-14H2,1H3,(H2,23,29). The lowest BCUT2D eigenvalue weighted by atomic mass is 10.00. The Bertz CT molecular complexity index is 942. The molecule has 158 valence electrons. The van der Waals surface area contributed by atoms with Crippen molar-refractivity contribution >= 4 is 17.8 Å². The van der Waals surface area contributed by atoms with Crippen molar-refractivity contribution in [3.8, 4) is 11.1 Å². The zero-order chi connectivity index (χ0) is 21.1. The van der Waals surface area contributed by atoms with Crippen molar-refractivity contribution in [2.45, 2.75) is 25.7 Å². The van der Waals surface area contributed by atoms with Crippen molar-refractivity contribution in [1.29, 1.82) is 0 Å². The van der Waals surface area contributed by atoms with E-state index in [1.54, 1.807) is 23.5 Å². The molecule has 1 fully saturated rings. The van der Waals surface area contributed by atoms with Crippen molar-refractivity contribution in [1.82, 2.24) is 14.9 Å². The first-order valence-electron chi connectivity index (χ1n) is 10.3. The average molecular weight is 409 g/mol. The molecule has 2 aromatic heterocycles. The average Bonchev–Trinajstić information content (AvgIpc) is 3.26. The SMILES string of the molecule is CN(CC1CCOC1)C(=O)Cc1cncc(-c2cnc3c(c2)CCCN3C(N)=O)c1. The van der Waals surface area contributed by atoms with Gasteiger partial charge in [0.1, 0.15) is 5.82 Å². The molecule has 2 aliphatic heterocycles. The van der Waals surface area contributed by atoms with Crippen molar-refractivity contribution in [2.24, 2.45) is 11.7 Å². The number of urea groups is 1. The second kappa shape index (κ2) is 8.79. The molecule has 8 nitrogen and oxygen atoms in total. The van der Waals surface area contributed by atoms with Gasteiger partial charge in [-0.05, 0) is 42.5 Å². The van der Waals surface area contributed by atoms with Crippen LogP contribution in [0.2, 0.25) is 0 Å². The van der Waals surface area contributed by atoms with Crippen LogP contribution in [0.15, 0.2) is 30.7 Å². The molecular formula is C22H27N5O3. The Kier molecular flexibility index (Phi) is 5.94. The zero-order valence-electron chi connectivity index (χ0n) is 17.2. The summed E-state index contributed by atoms with van der Waals surface area (Å²) in [5.74, 6) is 1.13. The molecule has 0 saturated carbocycles. The molecule has 2 aliphatic rings. The van der Waals surface area contributed by atoms with Gasteiger partial charge in [-0.3, -0.25) is 14.7 Å². The van der Waals surface area contributed by atoms with Crippen molar-refractivity contribution in [3.05, 3.63) is 41.9 Å². The highest BCUT2D eigenvalue weighted by Gasteiger charge is 2.23. The summed E-state index contributed by atoms with van der Waals surface area (Å²) in [6, 6.07) is 3.54. The molecule has 1 saturated heterocycles. The maximum Gasteiger partial charge on any atom is 0.320 e. The first-order chi connectivity index (χ1) is 14.5. The van der Waals surface area contributed by atoms with E-state index >= 15 is 0 Å². The summed E-state index contributed by atoms with van der Waals surface area (Å²) in [7, 11) is 1.84. The van der Waals surface area contributed by atoms with Gasteiger partial charge >= 0.3 is 6.03 Å². The van der Waals surface area contributed by atoms with Gasteiger partial charge in [0.15, 0.2) is 0 Å². The molecule has 4 heterocycles. The summed E-state index contributed by atoms with van der Waals surface area (Å²) >= 11 is 0. The van der Waals surface area contributed by atoms with Crippen LogP contribution in [-0.4, -0.2) is 60.2 Å². The molecule has 30 heavy (non-hydrogen) atoms. The number of hydrogen-bond donors (Lipinski definition) is 1. The summed E-state index contributed by atoms with van der Waals surface area (Å²) in [6.45, 7) is 2.82. The van der Waals surface area contributed by atoms with E-state index < -0.39 is 6.03 Å². The third kappa shape index (κ3) is 4.43. The molecule has 0 bridgehead atoms. The van der Waals surface area contributed by atoms with E-state index in [9.17, 15) is 9.59 Å². The number of ether oxygens (including phenoxy) is 1. The highest BCUT2D eigenvalue weighted by molar-refractivity contribution is 5.91. The maximum absolute atomic E-state index is 12.6. The number of carbonyl (C=O) groups excluding carboxylic acids is 2. The Morgan fingerprint density at radius 3 is 2.87 bits per heavy atom. The Hall–Kier alpha value is -3.00. The third-order valence-electron chi connectivity index (χ3n) is 5.76. The lowest BCUT2D eigenvalue weighted by molar-refractivity contribution is -0.129. The monoisotopic (exact) mass is 409 g/mol. The van der Waals surface area contributed by atoms with Crippen LogP contribution < -0.4 is 10.6 Å². The van der Waals surface area contributed by atoms with Crippen molar-refractivity contribution in [3.63, 3.8) is 0 Å². The normalized spacial score (nSPS) is 18.2. The number of nitrogens with two attached hydrogens (primary N) is 1. The Morgan fingerprint density at radius 1 is 1.27 bits per heavy atom. The van der Waals surface area contributed by atoms with Gasteiger partial charge < -0.3 is 15.4 Å². The van der Waals surface area contributed by atoms with Crippen LogP contribution in [-0.2, 0) is 22.4 Å². The molecule has 0 aromatic carbocycles. The number of primary amides is 1. The molecule has 0 radical (unpaired) electrons. The predicted octanol–water partition coefficient (Wildman–Crippen LogP) is 2.01. The van der Waals surface area contributed by atoms with Crippen LogP contribution in [0, 0.1) is 5.92 Å². The summed E-state index contributed by atoms with van der Waals surface area (Å²) in [5.41, 5.74) is 9.15. The van der Waals surface area contributed by atoms with Gasteiger partial charge in [0.05, 0.1) is 13.0 Å². The summed E-state index contributed by atoms with van der Waals surface area (Å²) < 4.78 is 5.40. The number of aromatic nitrogens is 2. The molecule has 1 unspecified atom stereocenters. The number of fused-ring (bicyclic) bond motifs is 1. The first-order valence-corrected chi connectivity index (χ1v) is 10.3. The van der Waals surface area contributed by atoms with Gasteiger partial charge in [-0.25, -0.2) is 9.78 Å².